The van der Waals surface area contributed by atoms with Crippen LogP contribution in [0.2, 0.25) is 0 Å². The summed E-state index contributed by atoms with van der Waals surface area (Å²) < 4.78 is 0. The molecule has 1 heterocycles. The number of hydrogen-bond donors (Lipinski definition) is 2. The van der Waals surface area contributed by atoms with Crippen LogP contribution in [-0.2, 0) is 4.79 Å². The first-order chi connectivity index (χ1) is 7.68. The third-order valence-electron chi connectivity index (χ3n) is 4.03. The van der Waals surface area contributed by atoms with E-state index in [1.807, 2.05) is 11.8 Å². The Morgan fingerprint density at radius 1 is 1.38 bits per heavy atom. The first-order valence-electron chi connectivity index (χ1n) is 6.30. The minimum absolute atomic E-state index is 0.0295. The Balaban J connectivity index is 1.82. The summed E-state index contributed by atoms with van der Waals surface area (Å²) in [6.45, 7) is 5.50. The van der Waals surface area contributed by atoms with Gasteiger partial charge >= 0.3 is 0 Å². The minimum Gasteiger partial charge on any atom is -0.352 e. The van der Waals surface area contributed by atoms with Gasteiger partial charge in [0.1, 0.15) is 0 Å². The van der Waals surface area contributed by atoms with E-state index in [0.717, 1.165) is 30.4 Å². The first-order valence-corrected chi connectivity index (χ1v) is 7.45. The van der Waals surface area contributed by atoms with Crippen LogP contribution in [0.3, 0.4) is 0 Å². The molecule has 1 saturated carbocycles. The summed E-state index contributed by atoms with van der Waals surface area (Å²) in [6, 6.07) is 0.429. The van der Waals surface area contributed by atoms with Crippen molar-refractivity contribution in [3.8, 4) is 0 Å². The maximum atomic E-state index is 12.0. The van der Waals surface area contributed by atoms with Gasteiger partial charge in [-0.2, -0.15) is 11.8 Å². The fraction of sp³-hybridized carbons (Fsp3) is 0.917. The van der Waals surface area contributed by atoms with E-state index < -0.39 is 0 Å². The molecule has 92 valence electrons. The number of carbonyl (C=O) groups excluding carboxylic acids is 1. The summed E-state index contributed by atoms with van der Waals surface area (Å²) in [7, 11) is 0. The van der Waals surface area contributed by atoms with Crippen molar-refractivity contribution in [1.29, 1.82) is 0 Å². The molecule has 2 fully saturated rings. The van der Waals surface area contributed by atoms with Gasteiger partial charge in [0.15, 0.2) is 0 Å². The van der Waals surface area contributed by atoms with Crippen LogP contribution in [0, 0.1) is 11.8 Å². The summed E-state index contributed by atoms with van der Waals surface area (Å²) in [5.74, 6) is 3.63. The monoisotopic (exact) mass is 242 g/mol. The summed E-state index contributed by atoms with van der Waals surface area (Å²) >= 11 is 1.87. The fourth-order valence-electron chi connectivity index (χ4n) is 2.59. The SMILES string of the molecule is CC1CCC(NC(=O)C2CSCCN2)C1C. The molecule has 1 amide bonds. The summed E-state index contributed by atoms with van der Waals surface area (Å²) in [6.07, 6.45) is 2.40. The zero-order chi connectivity index (χ0) is 11.5. The predicted octanol–water partition coefficient (Wildman–Crippen LogP) is 1.24. The molecular formula is C12H22N2OS. The van der Waals surface area contributed by atoms with Crippen molar-refractivity contribution in [2.24, 2.45) is 11.8 Å². The Morgan fingerprint density at radius 2 is 2.19 bits per heavy atom. The van der Waals surface area contributed by atoms with E-state index in [1.54, 1.807) is 0 Å². The van der Waals surface area contributed by atoms with E-state index in [-0.39, 0.29) is 11.9 Å². The Labute approximate surface area is 102 Å². The number of hydrogen-bond acceptors (Lipinski definition) is 3. The van der Waals surface area contributed by atoms with Crippen LogP contribution in [-0.4, -0.2) is 36.0 Å². The topological polar surface area (TPSA) is 41.1 Å². The lowest BCUT2D eigenvalue weighted by Crippen LogP contribution is -2.52. The molecule has 4 atom stereocenters. The third-order valence-corrected chi connectivity index (χ3v) is 5.09. The van der Waals surface area contributed by atoms with E-state index in [2.05, 4.69) is 24.5 Å². The zero-order valence-corrected chi connectivity index (χ0v) is 11.0. The highest BCUT2D eigenvalue weighted by atomic mass is 32.2. The van der Waals surface area contributed by atoms with Crippen molar-refractivity contribution in [2.45, 2.75) is 38.8 Å². The molecule has 3 nitrogen and oxygen atoms in total. The lowest BCUT2D eigenvalue weighted by Gasteiger charge is -2.26. The van der Waals surface area contributed by atoms with E-state index >= 15 is 0 Å². The van der Waals surface area contributed by atoms with Gasteiger partial charge in [-0.3, -0.25) is 4.79 Å². The molecule has 1 aliphatic carbocycles. The quantitative estimate of drug-likeness (QED) is 0.765. The van der Waals surface area contributed by atoms with Gasteiger partial charge in [-0.05, 0) is 24.7 Å². The molecule has 0 bridgehead atoms. The largest absolute Gasteiger partial charge is 0.352 e. The highest BCUT2D eigenvalue weighted by molar-refractivity contribution is 7.99. The van der Waals surface area contributed by atoms with Crippen LogP contribution in [0.5, 0.6) is 0 Å². The van der Waals surface area contributed by atoms with Crippen LogP contribution in [0.15, 0.2) is 0 Å². The van der Waals surface area contributed by atoms with Gasteiger partial charge in [0.25, 0.3) is 0 Å². The summed E-state index contributed by atoms with van der Waals surface area (Å²) in [5.41, 5.74) is 0. The number of amides is 1. The van der Waals surface area contributed by atoms with Crippen molar-refractivity contribution >= 4 is 17.7 Å². The van der Waals surface area contributed by atoms with Crippen molar-refractivity contribution < 1.29 is 4.79 Å². The van der Waals surface area contributed by atoms with Crippen molar-refractivity contribution in [2.75, 3.05) is 18.1 Å². The van der Waals surface area contributed by atoms with Gasteiger partial charge in [-0.15, -0.1) is 0 Å². The van der Waals surface area contributed by atoms with Crippen molar-refractivity contribution in [1.82, 2.24) is 10.6 Å². The molecule has 1 aliphatic heterocycles. The maximum Gasteiger partial charge on any atom is 0.238 e. The van der Waals surface area contributed by atoms with Crippen molar-refractivity contribution in [3.05, 3.63) is 0 Å². The van der Waals surface area contributed by atoms with Crippen molar-refractivity contribution in [3.63, 3.8) is 0 Å². The lowest BCUT2D eigenvalue weighted by atomic mass is 9.97. The number of thioether (sulfide) groups is 1. The smallest absolute Gasteiger partial charge is 0.238 e. The number of rotatable bonds is 2. The molecule has 4 heteroatoms. The van der Waals surface area contributed by atoms with E-state index in [0.29, 0.717) is 12.0 Å². The second-order valence-electron chi connectivity index (χ2n) is 5.11. The lowest BCUT2D eigenvalue weighted by molar-refractivity contribution is -0.123. The molecule has 2 N–H and O–H groups in total. The number of carbonyl (C=O) groups is 1. The maximum absolute atomic E-state index is 12.0. The standard InChI is InChI=1S/C12H22N2OS/c1-8-3-4-10(9(8)2)14-12(15)11-7-16-6-5-13-11/h8-11,13H,3-7H2,1-2H3,(H,14,15). The highest BCUT2D eigenvalue weighted by Crippen LogP contribution is 2.31. The molecule has 0 aromatic heterocycles. The first kappa shape index (κ1) is 12.2. The van der Waals surface area contributed by atoms with Crippen LogP contribution in [0.25, 0.3) is 0 Å². The van der Waals surface area contributed by atoms with Gasteiger partial charge in [0.2, 0.25) is 5.91 Å². The Hall–Kier alpha value is -0.220. The van der Waals surface area contributed by atoms with Crippen LogP contribution < -0.4 is 10.6 Å². The molecule has 0 spiro atoms. The fourth-order valence-corrected chi connectivity index (χ4v) is 3.52. The van der Waals surface area contributed by atoms with Gasteiger partial charge < -0.3 is 10.6 Å². The summed E-state index contributed by atoms with van der Waals surface area (Å²) in [5, 5.41) is 6.50. The molecule has 0 aromatic carbocycles. The molecule has 1 saturated heterocycles. The Morgan fingerprint density at radius 3 is 2.75 bits per heavy atom. The van der Waals surface area contributed by atoms with Gasteiger partial charge in [0, 0.05) is 24.1 Å². The van der Waals surface area contributed by atoms with Gasteiger partial charge in [-0.25, -0.2) is 0 Å². The average molecular weight is 242 g/mol. The Bertz CT molecular complexity index is 253. The number of nitrogens with one attached hydrogen (secondary N) is 2. The molecule has 2 rings (SSSR count). The highest BCUT2D eigenvalue weighted by Gasteiger charge is 2.32. The van der Waals surface area contributed by atoms with Crippen LogP contribution in [0.1, 0.15) is 26.7 Å². The third kappa shape index (κ3) is 2.72. The normalized spacial score (nSPS) is 39.6. The molecule has 4 unspecified atom stereocenters. The molecule has 16 heavy (non-hydrogen) atoms. The molecule has 0 aromatic rings. The minimum atomic E-state index is 0.0295. The molecule has 2 aliphatic rings. The second kappa shape index (κ2) is 5.41. The molecule has 0 radical (unpaired) electrons. The van der Waals surface area contributed by atoms with Gasteiger partial charge in [0.05, 0.1) is 6.04 Å². The van der Waals surface area contributed by atoms with Crippen LogP contribution >= 0.6 is 11.8 Å². The van der Waals surface area contributed by atoms with E-state index in [1.165, 1.54) is 6.42 Å². The van der Waals surface area contributed by atoms with Gasteiger partial charge in [-0.1, -0.05) is 13.8 Å². The molecular weight excluding hydrogens is 220 g/mol. The summed E-state index contributed by atoms with van der Waals surface area (Å²) in [4.78, 5) is 12.0. The van der Waals surface area contributed by atoms with Crippen LogP contribution in [0.4, 0.5) is 0 Å². The Kier molecular flexibility index (Phi) is 4.14. The zero-order valence-electron chi connectivity index (χ0n) is 10.2. The second-order valence-corrected chi connectivity index (χ2v) is 6.26. The van der Waals surface area contributed by atoms with E-state index in [4.69, 9.17) is 0 Å². The predicted molar refractivity (Wildman–Crippen MR) is 68.6 cm³/mol. The van der Waals surface area contributed by atoms with E-state index in [9.17, 15) is 4.79 Å². The average Bonchev–Trinajstić information content (AvgIpc) is 2.62.